The Balaban J connectivity index is 0.000000118. The van der Waals surface area contributed by atoms with Crippen molar-refractivity contribution in [3.63, 3.8) is 0 Å². The predicted octanol–water partition coefficient (Wildman–Crippen LogP) is 20.2. The van der Waals surface area contributed by atoms with Crippen LogP contribution in [0.3, 0.4) is 0 Å². The van der Waals surface area contributed by atoms with Gasteiger partial charge in [-0.2, -0.15) is 116 Å². The van der Waals surface area contributed by atoms with Crippen molar-refractivity contribution in [3.05, 3.63) is 379 Å². The smallest absolute Gasteiger partial charge is 0.435 e. The molecule has 742 valence electrons. The Morgan fingerprint density at radius 2 is 0.608 bits per heavy atom. The van der Waals surface area contributed by atoms with Crippen LogP contribution in [-0.4, -0.2) is 164 Å². The van der Waals surface area contributed by atoms with Gasteiger partial charge in [0, 0.05) is 131 Å². The molecule has 0 aliphatic rings. The van der Waals surface area contributed by atoms with Gasteiger partial charge in [-0.3, -0.25) is 0 Å². The molecule has 7 N–H and O–H groups in total. The van der Waals surface area contributed by atoms with Crippen molar-refractivity contribution >= 4 is 127 Å². The summed E-state index contributed by atoms with van der Waals surface area (Å²) in [6.45, 7) is 10.3. The third-order valence-electron chi connectivity index (χ3n) is 21.3. The maximum Gasteiger partial charge on any atom is 0.573 e. The highest BCUT2D eigenvalue weighted by molar-refractivity contribution is 5.71. The number of alkyl halides is 5. The van der Waals surface area contributed by atoms with Crippen molar-refractivity contribution in [2.45, 2.75) is 67.9 Å². The average molecular weight is 2000 g/mol. The van der Waals surface area contributed by atoms with Crippen LogP contribution in [0.5, 0.6) is 11.5 Å². The number of rotatable bonds is 21. The van der Waals surface area contributed by atoms with Gasteiger partial charge in [-0.05, 0) is 198 Å². The molecule has 0 spiro atoms. The molecule has 23 rings (SSSR count). The lowest BCUT2D eigenvalue weighted by Crippen LogP contribution is -2.17. The number of halogens is 7. The standard InChI is InChI=1S/C19H17N5.C18H15N5.C14H16N6.C13H10F3N5O.C13H11F2N5O.C13H10N6.C12H9F2N5/c1-14-11-18(24-19(22-14)20-13-21-24)23-17-9-7-16(8-10-17)12-15-5-3-2-4-6-15;1-13-11-17(23-18(21-13)19-12-20-23)22-16-9-7-15(8-10-16)14-5-3-2-4-6-14;1-10-8-13(20-14(17-10)15-9-16-20)18-11-4-6-12(7-5-11)19(2)3;1-8-6-11(21-12(19-8)17-7-18-21)20-9-2-4-10(5-3-9)22-13(14,15)16;1-8-6-11(20-13(18-8)16-7-17-20)19-9-2-4-10(5-3-9)21-12(14)15;1-9-6-12(19-13(17-9)15-8-16-19)18-11-5-3-2-4-10(11)7-14;1-7-5-10(19-12(17-7)15-6-16-19)18-9-4-2-3-8(13)11(9)14/h2-11,13,23H,12H2,1H3;2-12,22H,1H3;4-9,18H,1-3H3;2-7,20H,1H3;2-7,12,19H,1H3;2-6,8,18H,1H3;2-6,18H,1H3. The van der Waals surface area contributed by atoms with Crippen LogP contribution in [0, 0.1) is 71.4 Å². The summed E-state index contributed by atoms with van der Waals surface area (Å²) < 4.78 is 107. The first-order valence-electron chi connectivity index (χ1n) is 45.2. The second-order valence-electron chi connectivity index (χ2n) is 32.6. The number of nitrogens with one attached hydrogen (secondary N) is 7. The topological polar surface area (TPSA) is 431 Å². The van der Waals surface area contributed by atoms with E-state index in [4.69, 9.17) is 5.26 Å². The van der Waals surface area contributed by atoms with Gasteiger partial charge in [-0.15, -0.1) is 13.2 Å². The van der Waals surface area contributed by atoms with E-state index >= 15 is 0 Å². The van der Waals surface area contributed by atoms with Crippen LogP contribution in [0.2, 0.25) is 0 Å². The number of fused-ring (bicyclic) bond motifs is 7. The summed E-state index contributed by atoms with van der Waals surface area (Å²) in [6, 6.07) is 83.7. The molecule has 0 aliphatic carbocycles. The number of nitriles is 1. The number of hydrogen-bond donors (Lipinski definition) is 7. The molecular weight excluding hydrogens is 1910 g/mol. The van der Waals surface area contributed by atoms with Gasteiger partial charge in [0.25, 0.3) is 40.4 Å². The quantitative estimate of drug-likeness (QED) is 0.0329. The third kappa shape index (κ3) is 25.8. The average Bonchev–Trinajstić information content (AvgIpc) is 1.64. The second kappa shape index (κ2) is 45.6. The van der Waals surface area contributed by atoms with Crippen LogP contribution in [0.25, 0.3) is 51.6 Å². The first kappa shape index (κ1) is 99.4. The van der Waals surface area contributed by atoms with Gasteiger partial charge in [-0.25, -0.2) is 43.7 Å². The minimum atomic E-state index is -4.70. The Labute approximate surface area is 837 Å². The molecule has 0 fully saturated rings. The van der Waals surface area contributed by atoms with Gasteiger partial charge >= 0.3 is 13.0 Å². The molecule has 39 nitrogen and oxygen atoms in total. The zero-order valence-electron chi connectivity index (χ0n) is 80.1. The van der Waals surface area contributed by atoms with Crippen LogP contribution in [0.15, 0.2) is 311 Å². The molecule has 46 heteroatoms. The minimum absolute atomic E-state index is 0.0300. The van der Waals surface area contributed by atoms with Gasteiger partial charge < -0.3 is 51.6 Å². The summed E-state index contributed by atoms with van der Waals surface area (Å²) in [5.41, 5.74) is 17.5. The van der Waals surface area contributed by atoms with E-state index in [1.165, 1.54) is 124 Å². The van der Waals surface area contributed by atoms with E-state index in [-0.39, 0.29) is 17.2 Å². The van der Waals surface area contributed by atoms with E-state index in [0.717, 1.165) is 98.4 Å². The first-order chi connectivity index (χ1) is 71.6. The molecule has 14 aromatic heterocycles. The fraction of sp³-hybridized carbons (Fsp3) is 0.118. The second-order valence-corrected chi connectivity index (χ2v) is 32.6. The molecule has 0 amide bonds. The molecular formula is C102H88F7N37O2. The van der Waals surface area contributed by atoms with E-state index in [2.05, 4.69) is 260 Å². The maximum atomic E-state index is 13.6. The molecule has 0 saturated heterocycles. The Morgan fingerprint density at radius 3 is 0.946 bits per heavy atom. The maximum absolute atomic E-state index is 13.6. The normalized spacial score (nSPS) is 10.9. The lowest BCUT2D eigenvalue weighted by Gasteiger charge is -2.13. The monoisotopic (exact) mass is 2000 g/mol. The van der Waals surface area contributed by atoms with Crippen LogP contribution in [-0.2, 0) is 6.42 Å². The fourth-order valence-electron chi connectivity index (χ4n) is 14.7. The minimum Gasteiger partial charge on any atom is -0.435 e. The van der Waals surface area contributed by atoms with Gasteiger partial charge in [0.2, 0.25) is 0 Å². The molecule has 0 atom stereocenters. The number of ether oxygens (including phenoxy) is 2. The summed E-state index contributed by atoms with van der Waals surface area (Å²) >= 11 is 0. The first-order valence-corrected chi connectivity index (χ1v) is 45.2. The molecule has 9 aromatic carbocycles. The predicted molar refractivity (Wildman–Crippen MR) is 544 cm³/mol. The van der Waals surface area contributed by atoms with Crippen LogP contribution in [0.4, 0.5) is 117 Å². The van der Waals surface area contributed by atoms with Gasteiger partial charge in [-0.1, -0.05) is 103 Å². The fourth-order valence-corrected chi connectivity index (χ4v) is 14.7. The van der Waals surface area contributed by atoms with E-state index in [1.807, 2.05) is 134 Å². The largest absolute Gasteiger partial charge is 0.573 e. The van der Waals surface area contributed by atoms with E-state index in [9.17, 15) is 30.7 Å². The highest BCUT2D eigenvalue weighted by Crippen LogP contribution is 2.32. The number of nitrogens with zero attached hydrogens (tertiary/aromatic N) is 30. The molecule has 0 aliphatic heterocycles. The zero-order valence-corrected chi connectivity index (χ0v) is 80.1. The van der Waals surface area contributed by atoms with Crippen LogP contribution in [0.1, 0.15) is 56.5 Å². The van der Waals surface area contributed by atoms with Gasteiger partial charge in [0.1, 0.15) is 103 Å². The SMILES string of the molecule is Cc1cc(Nc2ccc(-c3ccccc3)cc2)n2ncnc2n1.Cc1cc(Nc2ccc(Cc3ccccc3)cc2)n2ncnc2n1.Cc1cc(Nc2ccc(N(C)C)cc2)n2ncnc2n1.Cc1cc(Nc2ccc(OC(F)(F)F)cc2)n2ncnc2n1.Cc1cc(Nc2ccc(OC(F)F)cc2)n2ncnc2n1.Cc1cc(Nc2cccc(F)c2F)n2ncnc2n1.Cc1cc(Nc2ccccc2C#N)n2ncnc2n1. The lowest BCUT2D eigenvalue weighted by atomic mass is 10.0. The Morgan fingerprint density at radius 1 is 0.324 bits per heavy atom. The highest BCUT2D eigenvalue weighted by Gasteiger charge is 2.31. The Bertz CT molecular complexity index is 8500. The Hall–Kier alpha value is -20.2. The van der Waals surface area contributed by atoms with Gasteiger partial charge in [0.15, 0.2) is 11.6 Å². The van der Waals surface area contributed by atoms with E-state index in [1.54, 1.807) is 66.8 Å². The number of anilines is 15. The molecule has 14 heterocycles. The third-order valence-corrected chi connectivity index (χ3v) is 21.3. The summed E-state index contributed by atoms with van der Waals surface area (Å²) in [5.74, 6) is 6.59. The van der Waals surface area contributed by atoms with E-state index < -0.39 is 24.6 Å². The van der Waals surface area contributed by atoms with E-state index in [0.29, 0.717) is 80.5 Å². The molecule has 0 saturated carbocycles. The van der Waals surface area contributed by atoms with Crippen LogP contribution < -0.4 is 51.6 Å². The van der Waals surface area contributed by atoms with Crippen molar-refractivity contribution in [2.24, 2.45) is 0 Å². The van der Waals surface area contributed by atoms with Crippen molar-refractivity contribution in [3.8, 4) is 28.7 Å². The summed E-state index contributed by atoms with van der Waals surface area (Å²) in [6.07, 6.45) is 6.31. The van der Waals surface area contributed by atoms with Crippen molar-refractivity contribution in [1.82, 2.24) is 137 Å². The number of aryl methyl sites for hydroxylation is 7. The summed E-state index contributed by atoms with van der Waals surface area (Å²) in [5, 5.41) is 60.1. The van der Waals surface area contributed by atoms with Crippen molar-refractivity contribution in [2.75, 3.05) is 56.2 Å². The number of para-hydroxylation sites is 1. The zero-order chi connectivity index (χ0) is 103. The molecule has 23 aromatic rings. The van der Waals surface area contributed by atoms with Crippen molar-refractivity contribution in [1.29, 1.82) is 5.26 Å². The van der Waals surface area contributed by atoms with Gasteiger partial charge in [0.05, 0.1) is 16.9 Å². The molecule has 0 bridgehead atoms. The number of aromatic nitrogens is 28. The molecule has 0 radical (unpaired) electrons. The number of hydrogen-bond acceptors (Lipinski definition) is 32. The highest BCUT2D eigenvalue weighted by atomic mass is 19.4. The Kier molecular flexibility index (Phi) is 30.6. The number of benzene rings is 9. The molecule has 0 unspecified atom stereocenters. The summed E-state index contributed by atoms with van der Waals surface area (Å²) in [7, 11) is 4.04. The molecule has 148 heavy (non-hydrogen) atoms. The van der Waals surface area contributed by atoms with Crippen LogP contribution >= 0.6 is 0 Å². The lowest BCUT2D eigenvalue weighted by molar-refractivity contribution is -0.274. The summed E-state index contributed by atoms with van der Waals surface area (Å²) in [4.78, 5) is 60.4. The van der Waals surface area contributed by atoms with Crippen molar-refractivity contribution < 1.29 is 40.2 Å².